The largest absolute Gasteiger partial charge is 0.489 e. The van der Waals surface area contributed by atoms with E-state index < -0.39 is 9.84 Å². The average molecular weight is 788 g/mol. The Morgan fingerprint density at radius 2 is 1.45 bits per heavy atom. The van der Waals surface area contributed by atoms with Crippen molar-refractivity contribution < 1.29 is 22.5 Å². The number of hydrogen-bond donors (Lipinski definition) is 0. The molecule has 294 valence electrons. The molecule has 7 heteroatoms. The molecule has 6 aromatic rings. The molecule has 0 saturated heterocycles. The molecule has 0 amide bonds. The highest BCUT2D eigenvalue weighted by Gasteiger charge is 2.36. The number of allylic oxidation sites excluding steroid dienone is 5. The molecule has 1 aliphatic carbocycles. The van der Waals surface area contributed by atoms with Gasteiger partial charge in [-0.1, -0.05) is 87.4 Å². The van der Waals surface area contributed by atoms with Crippen molar-refractivity contribution in [2.45, 2.75) is 103 Å². The molecule has 0 spiro atoms. The molecule has 4 aliphatic rings. The maximum atomic E-state index is 14.8. The first-order valence-electron chi connectivity index (χ1n) is 21.3. The van der Waals surface area contributed by atoms with E-state index in [1.165, 1.54) is 44.1 Å². The molecule has 10 rings (SSSR count). The number of hydrogen-bond acceptors (Lipinski definition) is 4. The fourth-order valence-electron chi connectivity index (χ4n) is 9.99. The predicted octanol–water partition coefficient (Wildman–Crippen LogP) is 10.8. The van der Waals surface area contributed by atoms with E-state index in [-0.39, 0.29) is 12.2 Å². The van der Waals surface area contributed by atoms with Gasteiger partial charge in [-0.2, -0.15) is 4.58 Å². The lowest BCUT2D eigenvalue weighted by Crippen LogP contribution is -2.16. The summed E-state index contributed by atoms with van der Waals surface area (Å²) in [6.07, 6.45) is 16.2. The van der Waals surface area contributed by atoms with Crippen molar-refractivity contribution in [3.05, 3.63) is 135 Å². The molecule has 0 bridgehead atoms. The summed E-state index contributed by atoms with van der Waals surface area (Å²) in [6.45, 7) is 10.5. The zero-order chi connectivity index (χ0) is 39.7. The number of nitrogens with zero attached hydrogens (tertiary/aromatic N) is 2. The van der Waals surface area contributed by atoms with Crippen molar-refractivity contribution in [3.8, 4) is 11.5 Å². The molecule has 0 N–H and O–H groups in total. The van der Waals surface area contributed by atoms with Crippen LogP contribution in [0.3, 0.4) is 0 Å². The van der Waals surface area contributed by atoms with Crippen molar-refractivity contribution in [1.29, 1.82) is 0 Å². The maximum absolute atomic E-state index is 14.8. The summed E-state index contributed by atoms with van der Waals surface area (Å²) in [6, 6.07) is 26.7. The topological polar surface area (TPSA) is 60.5 Å². The van der Waals surface area contributed by atoms with Crippen molar-refractivity contribution in [1.82, 2.24) is 4.57 Å². The normalized spacial score (nSPS) is 19.9. The molecule has 3 aliphatic heterocycles. The summed E-state index contributed by atoms with van der Waals surface area (Å²) in [5.74, 6) is 2.02. The van der Waals surface area contributed by atoms with Crippen molar-refractivity contribution in [2.75, 3.05) is 6.54 Å². The number of benzene rings is 5. The smallest absolute Gasteiger partial charge is 0.215 e. The van der Waals surface area contributed by atoms with E-state index >= 15 is 0 Å². The molecular formula is C51H51N2O4S+. The van der Waals surface area contributed by atoms with Crippen LogP contribution >= 0.6 is 0 Å². The first-order valence-corrected chi connectivity index (χ1v) is 22.8. The van der Waals surface area contributed by atoms with Crippen LogP contribution in [-0.2, 0) is 29.2 Å². The lowest BCUT2D eigenvalue weighted by molar-refractivity contribution is -0.436. The highest BCUT2D eigenvalue weighted by molar-refractivity contribution is 7.95. The van der Waals surface area contributed by atoms with Crippen LogP contribution in [0.25, 0.3) is 38.5 Å². The molecule has 6 nitrogen and oxygen atoms in total. The molecule has 58 heavy (non-hydrogen) atoms. The highest BCUT2D eigenvalue weighted by atomic mass is 32.2. The SMILES string of the molecule is CCCCn1/c(=C/C=C2\CCC(/C=C/C3=[N+](CCCC)c4cc5c(c6cccc3c46)OC(C)C5)=C2S(=O)(=O)c2ccccc2)c2cccc3c4c(cc1c32)CC(C)O4. The Kier molecular flexibility index (Phi) is 9.20. The van der Waals surface area contributed by atoms with Gasteiger partial charge in [-0.25, -0.2) is 8.42 Å². The predicted molar refractivity (Wildman–Crippen MR) is 236 cm³/mol. The Morgan fingerprint density at radius 3 is 2.19 bits per heavy atom. The number of sulfone groups is 1. The van der Waals surface area contributed by atoms with Gasteiger partial charge in [0.2, 0.25) is 21.2 Å². The quantitative estimate of drug-likeness (QED) is 0.123. The second kappa shape index (κ2) is 14.5. The van der Waals surface area contributed by atoms with Gasteiger partial charge in [0, 0.05) is 76.0 Å². The monoisotopic (exact) mass is 787 g/mol. The molecule has 0 radical (unpaired) electrons. The molecule has 0 saturated carbocycles. The maximum Gasteiger partial charge on any atom is 0.215 e. The van der Waals surface area contributed by atoms with Gasteiger partial charge in [-0.15, -0.1) is 0 Å². The molecule has 2 atom stereocenters. The van der Waals surface area contributed by atoms with Crippen LogP contribution in [-0.4, -0.2) is 42.0 Å². The zero-order valence-corrected chi connectivity index (χ0v) is 34.8. The summed E-state index contributed by atoms with van der Waals surface area (Å²) in [5.41, 5.74) is 8.97. The second-order valence-corrected chi connectivity index (χ2v) is 18.5. The van der Waals surface area contributed by atoms with E-state index in [2.05, 4.69) is 110 Å². The fraction of sp³-hybridized carbons (Fsp3) is 0.314. The second-order valence-electron chi connectivity index (χ2n) is 16.6. The molecule has 1 aromatic heterocycles. The Hall–Kier alpha value is -5.40. The average Bonchev–Trinajstić information content (AvgIpc) is 4.04. The summed E-state index contributed by atoms with van der Waals surface area (Å²) in [7, 11) is -3.84. The Balaban J connectivity index is 1.14. The third-order valence-electron chi connectivity index (χ3n) is 12.6. The molecule has 5 aromatic carbocycles. The van der Waals surface area contributed by atoms with Crippen LogP contribution in [0, 0.1) is 0 Å². The molecule has 2 unspecified atom stereocenters. The summed E-state index contributed by atoms with van der Waals surface area (Å²) in [5, 5.41) is 7.06. The van der Waals surface area contributed by atoms with Crippen molar-refractivity contribution in [3.63, 3.8) is 0 Å². The van der Waals surface area contributed by atoms with Crippen LogP contribution in [0.1, 0.15) is 82.9 Å². The van der Waals surface area contributed by atoms with E-state index in [1.54, 1.807) is 12.1 Å². The van der Waals surface area contributed by atoms with Gasteiger partial charge in [0.25, 0.3) is 0 Å². The van der Waals surface area contributed by atoms with Crippen LogP contribution in [0.5, 0.6) is 11.5 Å². The number of aryl methyl sites for hydroxylation is 1. The minimum Gasteiger partial charge on any atom is -0.489 e. The molecular weight excluding hydrogens is 737 g/mol. The minimum atomic E-state index is -3.84. The van der Waals surface area contributed by atoms with E-state index in [1.807, 2.05) is 18.2 Å². The number of rotatable bonds is 11. The number of aromatic nitrogens is 1. The van der Waals surface area contributed by atoms with Gasteiger partial charge in [-0.3, -0.25) is 0 Å². The lowest BCUT2D eigenvalue weighted by atomic mass is 9.98. The van der Waals surface area contributed by atoms with Gasteiger partial charge in [0.05, 0.1) is 26.3 Å². The van der Waals surface area contributed by atoms with Crippen molar-refractivity contribution in [2.24, 2.45) is 0 Å². The first-order chi connectivity index (χ1) is 28.3. The fourth-order valence-corrected chi connectivity index (χ4v) is 11.8. The third-order valence-corrected chi connectivity index (χ3v) is 14.6. The van der Waals surface area contributed by atoms with Crippen LogP contribution < -0.4 is 14.8 Å². The van der Waals surface area contributed by atoms with Crippen LogP contribution in [0.15, 0.2) is 118 Å². The van der Waals surface area contributed by atoms with Gasteiger partial charge in [-0.05, 0) is 74.6 Å². The summed E-state index contributed by atoms with van der Waals surface area (Å²) >= 11 is 0. The van der Waals surface area contributed by atoms with Gasteiger partial charge in [0.1, 0.15) is 30.3 Å². The Bertz CT molecular complexity index is 2970. The zero-order valence-electron chi connectivity index (χ0n) is 34.0. The number of ether oxygens (including phenoxy) is 2. The first kappa shape index (κ1) is 36.9. The highest BCUT2D eigenvalue weighted by Crippen LogP contribution is 2.46. The third kappa shape index (κ3) is 5.87. The number of unbranched alkanes of at least 4 members (excludes halogenated alkanes) is 2. The van der Waals surface area contributed by atoms with Gasteiger partial charge in [0.15, 0.2) is 0 Å². The van der Waals surface area contributed by atoms with Gasteiger partial charge >= 0.3 is 0 Å². The number of fused-ring (bicyclic) bond motifs is 4. The van der Waals surface area contributed by atoms with Gasteiger partial charge < -0.3 is 14.0 Å². The van der Waals surface area contributed by atoms with E-state index in [0.29, 0.717) is 22.6 Å². The minimum absolute atomic E-state index is 0.164. The van der Waals surface area contributed by atoms with Crippen molar-refractivity contribution >= 4 is 59.8 Å². The Labute approximate surface area is 341 Å². The summed E-state index contributed by atoms with van der Waals surface area (Å²) < 4.78 is 47.2. The Morgan fingerprint density at radius 1 is 0.759 bits per heavy atom. The van der Waals surface area contributed by atoms with E-state index in [0.717, 1.165) is 96.1 Å². The van der Waals surface area contributed by atoms with E-state index in [4.69, 9.17) is 9.47 Å². The van der Waals surface area contributed by atoms with Crippen LogP contribution in [0.4, 0.5) is 5.69 Å². The van der Waals surface area contributed by atoms with E-state index in [9.17, 15) is 8.42 Å². The van der Waals surface area contributed by atoms with Crippen LogP contribution in [0.2, 0.25) is 0 Å². The molecule has 4 heterocycles. The lowest BCUT2D eigenvalue weighted by Gasteiger charge is -2.10. The standard InChI is InChI=1S/C51H51N2O4S/c1-5-7-26-52-43(39-16-12-18-41-47(39)45(52)30-36-28-32(3)56-49(36)41)24-22-34-20-21-35(51(34)58(54,55)38-14-10-9-11-15-38)23-25-44-40-17-13-19-42-48(40)46(53(44)27-8-6-2)31-37-29-33(4)57-50(37)42/h9-19,22-25,30-33H,5-8,20-21,26-29H2,1-4H3/q+1. The molecule has 0 fully saturated rings. The summed E-state index contributed by atoms with van der Waals surface area (Å²) in [4.78, 5) is 0.750.